The van der Waals surface area contributed by atoms with E-state index in [0.717, 1.165) is 38.5 Å². The van der Waals surface area contributed by atoms with Crippen LogP contribution in [0.25, 0.3) is 0 Å². The standard InChI is InChI=1S/C22H31BrO3/c1-20-9-6-15(24)12-14(20)4-5-16-17(20)7-10-21(2)18(16)8-11-22(21,26-3)19(25)13-23/h12,16-18H,4-11,13H2,1-3H3/t16-,17+,18+,20+,21+,22+/m1/s1. The number of hydrogen-bond donors (Lipinski definition) is 0. The van der Waals surface area contributed by atoms with Crippen LogP contribution in [0.4, 0.5) is 0 Å². The van der Waals surface area contributed by atoms with E-state index in [-0.39, 0.29) is 16.6 Å². The Morgan fingerprint density at radius 1 is 1.15 bits per heavy atom. The van der Waals surface area contributed by atoms with Crippen LogP contribution in [0, 0.1) is 28.6 Å². The van der Waals surface area contributed by atoms with Crippen LogP contribution < -0.4 is 0 Å². The molecule has 3 saturated carbocycles. The number of ether oxygens (including phenoxy) is 1. The Hall–Kier alpha value is -0.480. The van der Waals surface area contributed by atoms with Gasteiger partial charge < -0.3 is 4.74 Å². The maximum Gasteiger partial charge on any atom is 0.175 e. The molecule has 0 radical (unpaired) electrons. The molecule has 4 aliphatic carbocycles. The van der Waals surface area contributed by atoms with Gasteiger partial charge in [-0.15, -0.1) is 0 Å². The smallest absolute Gasteiger partial charge is 0.175 e. The third-order valence-electron chi connectivity index (χ3n) is 9.00. The van der Waals surface area contributed by atoms with Crippen LogP contribution in [0.2, 0.25) is 0 Å². The van der Waals surface area contributed by atoms with Crippen molar-refractivity contribution in [3.63, 3.8) is 0 Å². The number of rotatable bonds is 3. The zero-order valence-corrected chi connectivity index (χ0v) is 17.9. The van der Waals surface area contributed by atoms with Crippen LogP contribution in [0.1, 0.15) is 65.2 Å². The molecule has 144 valence electrons. The summed E-state index contributed by atoms with van der Waals surface area (Å²) < 4.78 is 6.01. The first-order valence-corrected chi connectivity index (χ1v) is 11.3. The van der Waals surface area contributed by atoms with Crippen LogP contribution in [0.15, 0.2) is 11.6 Å². The van der Waals surface area contributed by atoms with Gasteiger partial charge in [0.1, 0.15) is 5.60 Å². The molecule has 0 heterocycles. The molecule has 6 atom stereocenters. The molecule has 4 rings (SSSR count). The lowest BCUT2D eigenvalue weighted by Gasteiger charge is -2.59. The molecule has 4 aliphatic rings. The molecular formula is C22H31BrO3. The van der Waals surface area contributed by atoms with Crippen LogP contribution >= 0.6 is 15.9 Å². The number of methoxy groups -OCH3 is 1. The molecule has 0 aliphatic heterocycles. The van der Waals surface area contributed by atoms with Crippen molar-refractivity contribution in [3.8, 4) is 0 Å². The third-order valence-corrected chi connectivity index (χ3v) is 9.51. The molecule has 0 N–H and O–H groups in total. The van der Waals surface area contributed by atoms with E-state index >= 15 is 0 Å². The van der Waals surface area contributed by atoms with E-state index in [4.69, 9.17) is 4.74 Å². The Balaban J connectivity index is 1.69. The van der Waals surface area contributed by atoms with Gasteiger partial charge in [0.2, 0.25) is 0 Å². The third kappa shape index (κ3) is 2.27. The summed E-state index contributed by atoms with van der Waals surface area (Å²) in [6.45, 7) is 4.73. The highest BCUT2D eigenvalue weighted by Gasteiger charge is 2.66. The minimum atomic E-state index is -0.619. The predicted octanol–water partition coefficient (Wildman–Crippen LogP) is 4.87. The van der Waals surface area contributed by atoms with E-state index in [1.165, 1.54) is 12.0 Å². The fraction of sp³-hybridized carbons (Fsp3) is 0.818. The Kier molecular flexibility index (Phi) is 4.55. The van der Waals surface area contributed by atoms with Crippen molar-refractivity contribution in [2.45, 2.75) is 70.8 Å². The summed E-state index contributed by atoms with van der Waals surface area (Å²) in [5.41, 5.74) is 0.920. The second kappa shape index (κ2) is 6.27. The second-order valence-electron chi connectivity index (χ2n) is 9.55. The van der Waals surface area contributed by atoms with Crippen molar-refractivity contribution in [1.82, 2.24) is 0 Å². The Bertz CT molecular complexity index is 670. The molecule has 0 aromatic carbocycles. The number of carbonyl (C=O) groups is 2. The van der Waals surface area contributed by atoms with Crippen molar-refractivity contribution in [2.24, 2.45) is 28.6 Å². The maximum atomic E-state index is 12.9. The lowest BCUT2D eigenvalue weighted by atomic mass is 9.46. The average molecular weight is 423 g/mol. The minimum Gasteiger partial charge on any atom is -0.370 e. The Morgan fingerprint density at radius 2 is 1.88 bits per heavy atom. The summed E-state index contributed by atoms with van der Waals surface area (Å²) in [6, 6.07) is 0. The van der Waals surface area contributed by atoms with Crippen molar-refractivity contribution in [2.75, 3.05) is 12.4 Å². The van der Waals surface area contributed by atoms with Gasteiger partial charge in [-0.05, 0) is 74.2 Å². The Labute approximate surface area is 165 Å². The van der Waals surface area contributed by atoms with Gasteiger partial charge in [-0.2, -0.15) is 0 Å². The van der Waals surface area contributed by atoms with Gasteiger partial charge in [-0.3, -0.25) is 9.59 Å². The molecule has 0 unspecified atom stereocenters. The molecule has 0 saturated heterocycles. The number of alkyl halides is 1. The topological polar surface area (TPSA) is 43.4 Å². The quantitative estimate of drug-likeness (QED) is 0.609. The number of Topliss-reactive ketones (excluding diaryl/α,β-unsaturated/α-hetero) is 1. The van der Waals surface area contributed by atoms with Gasteiger partial charge in [0, 0.05) is 18.9 Å². The van der Waals surface area contributed by atoms with E-state index in [9.17, 15) is 9.59 Å². The van der Waals surface area contributed by atoms with E-state index in [2.05, 4.69) is 29.8 Å². The zero-order chi connectivity index (χ0) is 18.7. The molecule has 3 nitrogen and oxygen atoms in total. The van der Waals surface area contributed by atoms with Crippen LogP contribution in [0.5, 0.6) is 0 Å². The van der Waals surface area contributed by atoms with Crippen LogP contribution in [-0.2, 0) is 14.3 Å². The minimum absolute atomic E-state index is 0.0597. The fourth-order valence-electron chi connectivity index (χ4n) is 7.57. The van der Waals surface area contributed by atoms with Crippen molar-refractivity contribution in [1.29, 1.82) is 0 Å². The first-order valence-electron chi connectivity index (χ1n) is 10.2. The van der Waals surface area contributed by atoms with Crippen LogP contribution in [0.3, 0.4) is 0 Å². The van der Waals surface area contributed by atoms with Crippen LogP contribution in [-0.4, -0.2) is 29.6 Å². The molecule has 0 spiro atoms. The summed E-state index contributed by atoms with van der Waals surface area (Å²) >= 11 is 3.40. The van der Waals surface area contributed by atoms with Gasteiger partial charge in [0.15, 0.2) is 11.6 Å². The highest BCUT2D eigenvalue weighted by Crippen LogP contribution is 2.68. The number of allylic oxidation sites excluding steroid dienone is 1. The van der Waals surface area contributed by atoms with Gasteiger partial charge in [-0.1, -0.05) is 35.4 Å². The summed E-state index contributed by atoms with van der Waals surface area (Å²) in [4.78, 5) is 24.8. The summed E-state index contributed by atoms with van der Waals surface area (Å²) in [6.07, 6.45) is 10.1. The SMILES string of the molecule is CO[C@]1(C(=O)CBr)CC[C@H]2[C@@H]3CCC4=CC(=O)CC[C@]4(C)[C@H]3CC[C@@]21C. The van der Waals surface area contributed by atoms with E-state index in [1.807, 2.05) is 6.08 Å². The predicted molar refractivity (Wildman–Crippen MR) is 105 cm³/mol. The van der Waals surface area contributed by atoms with E-state index in [1.54, 1.807) is 7.11 Å². The van der Waals surface area contributed by atoms with E-state index < -0.39 is 5.60 Å². The van der Waals surface area contributed by atoms with Gasteiger partial charge >= 0.3 is 0 Å². The highest BCUT2D eigenvalue weighted by atomic mass is 79.9. The largest absolute Gasteiger partial charge is 0.370 e. The maximum absolute atomic E-state index is 12.9. The number of carbonyl (C=O) groups excluding carboxylic acids is 2. The highest BCUT2D eigenvalue weighted by molar-refractivity contribution is 9.09. The number of halogens is 1. The molecule has 0 bridgehead atoms. The molecule has 26 heavy (non-hydrogen) atoms. The fourth-order valence-corrected chi connectivity index (χ4v) is 8.03. The Morgan fingerprint density at radius 3 is 2.58 bits per heavy atom. The van der Waals surface area contributed by atoms with Crippen molar-refractivity contribution >= 4 is 27.5 Å². The second-order valence-corrected chi connectivity index (χ2v) is 10.1. The molecule has 0 aromatic rings. The van der Waals surface area contributed by atoms with Gasteiger partial charge in [-0.25, -0.2) is 0 Å². The summed E-state index contributed by atoms with van der Waals surface area (Å²) in [5, 5.41) is 0.379. The first-order chi connectivity index (χ1) is 12.3. The first kappa shape index (κ1) is 18.9. The van der Waals surface area contributed by atoms with Crippen molar-refractivity contribution < 1.29 is 14.3 Å². The number of hydrogen-bond acceptors (Lipinski definition) is 3. The van der Waals surface area contributed by atoms with Gasteiger partial charge in [0.05, 0.1) is 5.33 Å². The summed E-state index contributed by atoms with van der Waals surface area (Å²) in [5.74, 6) is 2.40. The summed E-state index contributed by atoms with van der Waals surface area (Å²) in [7, 11) is 1.73. The molecule has 0 amide bonds. The van der Waals surface area contributed by atoms with Gasteiger partial charge in [0.25, 0.3) is 0 Å². The molecular weight excluding hydrogens is 392 g/mol. The normalized spacial score (nSPS) is 47.6. The lowest BCUT2D eigenvalue weighted by molar-refractivity contribution is -0.167. The average Bonchev–Trinajstić information content (AvgIpc) is 2.95. The van der Waals surface area contributed by atoms with Crippen molar-refractivity contribution in [3.05, 3.63) is 11.6 Å². The number of fused-ring (bicyclic) bond motifs is 5. The van der Waals surface area contributed by atoms with E-state index in [0.29, 0.717) is 35.3 Å². The lowest BCUT2D eigenvalue weighted by Crippen LogP contribution is -2.58. The molecule has 3 fully saturated rings. The number of ketones is 2. The molecule has 0 aromatic heterocycles. The monoisotopic (exact) mass is 422 g/mol. The molecule has 4 heteroatoms. The zero-order valence-electron chi connectivity index (χ0n) is 16.3.